The molecule has 0 bridgehead atoms. The molecule has 4 heterocycles. The van der Waals surface area contributed by atoms with Gasteiger partial charge in [0.1, 0.15) is 0 Å². The van der Waals surface area contributed by atoms with Crippen molar-refractivity contribution in [3.63, 3.8) is 0 Å². The van der Waals surface area contributed by atoms with Crippen LogP contribution in [-0.2, 0) is 0 Å². The Balaban J connectivity index is 1.87. The molecule has 34 heavy (non-hydrogen) atoms. The summed E-state index contributed by atoms with van der Waals surface area (Å²) in [5.74, 6) is 0. The topological polar surface area (TPSA) is 8.82 Å². The third-order valence-electron chi connectivity index (χ3n) is 7.47. The fourth-order valence-corrected chi connectivity index (χ4v) is 6.30. The number of nitrogens with zero attached hydrogens (tertiary/aromatic N) is 2. The molecule has 0 N–H and O–H groups in total. The van der Waals surface area contributed by atoms with Crippen LogP contribution < -0.4 is 15.8 Å². The molecule has 0 radical (unpaired) electrons. The van der Waals surface area contributed by atoms with Crippen LogP contribution in [0.2, 0.25) is 0 Å². The summed E-state index contributed by atoms with van der Waals surface area (Å²) in [5.41, 5.74) is 7.44. The van der Waals surface area contributed by atoms with E-state index < -0.39 is 0 Å². The summed E-state index contributed by atoms with van der Waals surface area (Å²) in [4.78, 5) is 0. The van der Waals surface area contributed by atoms with Crippen molar-refractivity contribution in [2.75, 3.05) is 0 Å². The number of allylic oxidation sites excluding steroid dienone is 1. The third kappa shape index (κ3) is 2.03. The number of aromatic nitrogens is 2. The van der Waals surface area contributed by atoms with Crippen molar-refractivity contribution in [2.45, 2.75) is 13.8 Å². The quantitative estimate of drug-likeness (QED) is 0.306. The van der Waals surface area contributed by atoms with Gasteiger partial charge in [0.05, 0.1) is 27.6 Å². The molecule has 3 aromatic carbocycles. The Morgan fingerprint density at radius 1 is 0.647 bits per heavy atom. The molecule has 0 saturated heterocycles. The molecule has 0 aliphatic carbocycles. The van der Waals surface area contributed by atoms with E-state index in [-0.39, 0.29) is 0 Å². The van der Waals surface area contributed by atoms with Crippen molar-refractivity contribution in [2.24, 2.45) is 0 Å². The first kappa shape index (κ1) is 19.2. The SMILES string of the molecule is C=C/C=c1c(=C/C)/c2c(C=C)c3c4c5cccc6c7ccccc7n(c4ccc3n2c/1=C/C)c65. The minimum atomic E-state index is 1.19. The molecule has 0 aliphatic rings. The normalized spacial score (nSPS) is 14.4. The average molecular weight is 437 g/mol. The Morgan fingerprint density at radius 2 is 1.38 bits per heavy atom. The number of para-hydroxylation sites is 2. The predicted octanol–water partition coefficient (Wildman–Crippen LogP) is 6.17. The molecular weight excluding hydrogens is 412 g/mol. The number of hydrogen-bond acceptors (Lipinski definition) is 0. The second kappa shape index (κ2) is 6.61. The second-order valence-electron chi connectivity index (χ2n) is 8.90. The van der Waals surface area contributed by atoms with E-state index >= 15 is 0 Å². The van der Waals surface area contributed by atoms with Gasteiger partial charge in [0.25, 0.3) is 0 Å². The molecule has 0 saturated carbocycles. The van der Waals surface area contributed by atoms with Gasteiger partial charge in [0.2, 0.25) is 0 Å². The average Bonchev–Trinajstić information content (AvgIpc) is 3.57. The van der Waals surface area contributed by atoms with Crippen LogP contribution in [0, 0.1) is 0 Å². The lowest BCUT2D eigenvalue weighted by Crippen LogP contribution is -2.34. The summed E-state index contributed by atoms with van der Waals surface area (Å²) in [6, 6.07) is 20.0. The molecule has 4 aromatic heterocycles. The maximum atomic E-state index is 4.28. The van der Waals surface area contributed by atoms with Crippen LogP contribution in [0.3, 0.4) is 0 Å². The first-order valence-corrected chi connectivity index (χ1v) is 11.8. The van der Waals surface area contributed by atoms with Crippen molar-refractivity contribution < 1.29 is 0 Å². The Labute approximate surface area is 196 Å². The van der Waals surface area contributed by atoms with Crippen LogP contribution >= 0.6 is 0 Å². The zero-order valence-corrected chi connectivity index (χ0v) is 19.4. The fraction of sp³-hybridized carbons (Fsp3) is 0.0625. The van der Waals surface area contributed by atoms with Gasteiger partial charge in [-0.15, -0.1) is 0 Å². The summed E-state index contributed by atoms with van der Waals surface area (Å²) >= 11 is 0. The summed E-state index contributed by atoms with van der Waals surface area (Å²) in [6.45, 7) is 12.5. The van der Waals surface area contributed by atoms with Gasteiger partial charge in [-0.25, -0.2) is 0 Å². The monoisotopic (exact) mass is 436 g/mol. The van der Waals surface area contributed by atoms with Crippen LogP contribution in [0.25, 0.3) is 78.8 Å². The number of benzene rings is 3. The molecule has 0 atom stereocenters. The summed E-state index contributed by atoms with van der Waals surface area (Å²) < 4.78 is 4.85. The van der Waals surface area contributed by atoms with E-state index in [2.05, 4.69) is 109 Å². The van der Waals surface area contributed by atoms with Crippen molar-refractivity contribution in [1.29, 1.82) is 0 Å². The molecule has 0 amide bonds. The maximum absolute atomic E-state index is 4.28. The number of hydrogen-bond donors (Lipinski definition) is 0. The minimum Gasteiger partial charge on any atom is -0.308 e. The largest absolute Gasteiger partial charge is 0.308 e. The van der Waals surface area contributed by atoms with Crippen molar-refractivity contribution >= 4 is 78.8 Å². The number of rotatable bonds is 2. The summed E-state index contributed by atoms with van der Waals surface area (Å²) in [5, 5.41) is 10.1. The molecule has 0 unspecified atom stereocenters. The molecule has 7 rings (SSSR count). The van der Waals surface area contributed by atoms with Gasteiger partial charge in [-0.3, -0.25) is 0 Å². The molecular formula is C32H24N2. The smallest absolute Gasteiger partial charge is 0.0620 e. The Hall–Kier alpha value is -4.30. The van der Waals surface area contributed by atoms with Crippen LogP contribution in [-0.4, -0.2) is 8.80 Å². The zero-order valence-electron chi connectivity index (χ0n) is 19.4. The predicted molar refractivity (Wildman–Crippen MR) is 149 cm³/mol. The first-order valence-electron chi connectivity index (χ1n) is 11.8. The molecule has 0 aliphatic heterocycles. The van der Waals surface area contributed by atoms with Crippen LogP contribution in [0.5, 0.6) is 0 Å². The molecule has 0 spiro atoms. The highest BCUT2D eigenvalue weighted by atomic mass is 14.9. The maximum Gasteiger partial charge on any atom is 0.0620 e. The van der Waals surface area contributed by atoms with Gasteiger partial charge in [0, 0.05) is 48.3 Å². The van der Waals surface area contributed by atoms with Crippen LogP contribution in [0.15, 0.2) is 73.8 Å². The second-order valence-corrected chi connectivity index (χ2v) is 8.90. The highest BCUT2D eigenvalue weighted by Gasteiger charge is 2.22. The fourth-order valence-electron chi connectivity index (χ4n) is 6.30. The molecule has 2 heteroatoms. The van der Waals surface area contributed by atoms with E-state index in [1.54, 1.807) is 0 Å². The van der Waals surface area contributed by atoms with Gasteiger partial charge in [-0.1, -0.05) is 79.9 Å². The van der Waals surface area contributed by atoms with Gasteiger partial charge >= 0.3 is 0 Å². The summed E-state index contributed by atoms with van der Waals surface area (Å²) in [7, 11) is 0. The highest BCUT2D eigenvalue weighted by Crippen LogP contribution is 2.43. The Morgan fingerprint density at radius 3 is 2.12 bits per heavy atom. The van der Waals surface area contributed by atoms with Crippen LogP contribution in [0.4, 0.5) is 0 Å². The third-order valence-corrected chi connectivity index (χ3v) is 7.47. The van der Waals surface area contributed by atoms with E-state index in [0.29, 0.717) is 0 Å². The zero-order chi connectivity index (χ0) is 23.1. The van der Waals surface area contributed by atoms with E-state index in [4.69, 9.17) is 0 Å². The van der Waals surface area contributed by atoms with Crippen LogP contribution in [0.1, 0.15) is 19.4 Å². The Kier molecular flexibility index (Phi) is 3.73. The first-order chi connectivity index (χ1) is 16.7. The standard InChI is InChI=1S/C32H24N2/c1-5-12-21-19(6-2)31-20(7-3)29-27(33(31)25(21)8-4)17-18-28-30(29)24-15-11-14-23-22-13-9-10-16-26(22)34(28)32(23)24/h5-18H,1,3H2,2,4H3/b19-6-,21-12-,25-8+. The Bertz CT molecular complexity index is 2160. The van der Waals surface area contributed by atoms with Crippen molar-refractivity contribution in [3.05, 3.63) is 95.2 Å². The molecule has 2 nitrogen and oxygen atoms in total. The summed E-state index contributed by atoms with van der Waals surface area (Å²) in [6.07, 6.45) is 10.4. The highest BCUT2D eigenvalue weighted by molar-refractivity contribution is 6.30. The minimum absolute atomic E-state index is 1.19. The van der Waals surface area contributed by atoms with Gasteiger partial charge in [-0.2, -0.15) is 0 Å². The van der Waals surface area contributed by atoms with Gasteiger partial charge in [0.15, 0.2) is 0 Å². The van der Waals surface area contributed by atoms with E-state index in [1.165, 1.54) is 75.9 Å². The molecule has 7 aromatic rings. The lowest BCUT2D eigenvalue weighted by atomic mass is 10.0. The molecule has 162 valence electrons. The molecule has 0 fully saturated rings. The number of fused-ring (bicyclic) bond motifs is 10. The van der Waals surface area contributed by atoms with Gasteiger partial charge < -0.3 is 8.80 Å². The van der Waals surface area contributed by atoms with Crippen molar-refractivity contribution in [1.82, 2.24) is 8.80 Å². The van der Waals surface area contributed by atoms with E-state index in [0.717, 1.165) is 0 Å². The van der Waals surface area contributed by atoms with Crippen molar-refractivity contribution in [3.8, 4) is 0 Å². The van der Waals surface area contributed by atoms with E-state index in [9.17, 15) is 0 Å². The van der Waals surface area contributed by atoms with Gasteiger partial charge in [-0.05, 0) is 32.0 Å². The van der Waals surface area contributed by atoms with E-state index in [1.807, 2.05) is 12.2 Å². The lowest BCUT2D eigenvalue weighted by molar-refractivity contribution is 1.21. The lowest BCUT2D eigenvalue weighted by Gasteiger charge is -2.01.